The summed E-state index contributed by atoms with van der Waals surface area (Å²) in [5, 5.41) is 3.12. The molecule has 1 aliphatic rings. The summed E-state index contributed by atoms with van der Waals surface area (Å²) in [4.78, 5) is 17.1. The number of anilines is 1. The second-order valence-electron chi connectivity index (χ2n) is 7.04. The van der Waals surface area contributed by atoms with E-state index in [2.05, 4.69) is 22.3 Å². The highest BCUT2D eigenvalue weighted by Crippen LogP contribution is 2.27. The van der Waals surface area contributed by atoms with E-state index in [1.165, 1.54) is 0 Å². The van der Waals surface area contributed by atoms with Gasteiger partial charge in [-0.2, -0.15) is 0 Å². The molecule has 1 aromatic heterocycles. The van der Waals surface area contributed by atoms with Crippen LogP contribution in [0.2, 0.25) is 0 Å². The molecule has 2 heterocycles. The molecule has 3 aromatic rings. The summed E-state index contributed by atoms with van der Waals surface area (Å²) in [6, 6.07) is 22.0. The van der Waals surface area contributed by atoms with Crippen LogP contribution in [-0.2, 0) is 6.54 Å². The van der Waals surface area contributed by atoms with Crippen molar-refractivity contribution in [2.24, 2.45) is 0 Å². The van der Waals surface area contributed by atoms with Crippen molar-refractivity contribution in [2.75, 3.05) is 31.5 Å². The topological polar surface area (TPSA) is 48.7 Å². The van der Waals surface area contributed by atoms with Crippen molar-refractivity contribution in [3.8, 4) is 11.1 Å². The van der Waals surface area contributed by atoms with Gasteiger partial charge in [0.15, 0.2) is 0 Å². The average molecular weight is 375 g/mol. The van der Waals surface area contributed by atoms with Gasteiger partial charge in [-0.05, 0) is 30.2 Å². The number of amides is 2. The first-order valence-electron chi connectivity index (χ1n) is 9.75. The van der Waals surface area contributed by atoms with Gasteiger partial charge in [0.2, 0.25) is 0 Å². The van der Waals surface area contributed by atoms with E-state index in [0.29, 0.717) is 6.54 Å². The van der Waals surface area contributed by atoms with Crippen molar-refractivity contribution in [3.05, 3.63) is 78.8 Å². The monoisotopic (exact) mass is 375 g/mol. The SMILES string of the molecule is O=C(Nc1ccccc1-c1ccccc1)N1CCCN(Cc2ccco2)CC1. The third-order valence-electron chi connectivity index (χ3n) is 5.09. The van der Waals surface area contributed by atoms with Crippen molar-refractivity contribution < 1.29 is 9.21 Å². The maximum Gasteiger partial charge on any atom is 0.321 e. The van der Waals surface area contributed by atoms with Gasteiger partial charge in [0, 0.05) is 31.7 Å². The Bertz CT molecular complexity index is 893. The number of nitrogens with one attached hydrogen (secondary N) is 1. The molecular weight excluding hydrogens is 350 g/mol. The number of hydrogen-bond acceptors (Lipinski definition) is 3. The Balaban J connectivity index is 1.40. The molecule has 144 valence electrons. The van der Waals surface area contributed by atoms with E-state index in [1.807, 2.05) is 59.5 Å². The molecule has 0 saturated carbocycles. The number of furan rings is 1. The maximum atomic E-state index is 12.9. The molecule has 0 atom stereocenters. The van der Waals surface area contributed by atoms with Gasteiger partial charge in [-0.3, -0.25) is 4.90 Å². The first-order chi connectivity index (χ1) is 13.8. The maximum absolute atomic E-state index is 12.9. The molecule has 0 aliphatic carbocycles. The number of hydrogen-bond donors (Lipinski definition) is 1. The normalized spacial score (nSPS) is 15.2. The molecule has 4 rings (SSSR count). The Morgan fingerprint density at radius 1 is 0.893 bits per heavy atom. The molecule has 1 aliphatic heterocycles. The number of carbonyl (C=O) groups excluding carboxylic acids is 1. The van der Waals surface area contributed by atoms with Gasteiger partial charge >= 0.3 is 6.03 Å². The minimum absolute atomic E-state index is 0.0387. The third-order valence-corrected chi connectivity index (χ3v) is 5.09. The predicted molar refractivity (Wildman–Crippen MR) is 111 cm³/mol. The highest BCUT2D eigenvalue weighted by molar-refractivity contribution is 5.94. The van der Waals surface area contributed by atoms with Crippen LogP contribution in [0.1, 0.15) is 12.2 Å². The largest absolute Gasteiger partial charge is 0.468 e. The minimum Gasteiger partial charge on any atom is -0.468 e. The number of urea groups is 1. The van der Waals surface area contributed by atoms with E-state index < -0.39 is 0 Å². The zero-order valence-corrected chi connectivity index (χ0v) is 15.9. The molecule has 0 unspecified atom stereocenters. The van der Waals surface area contributed by atoms with Crippen LogP contribution < -0.4 is 5.32 Å². The van der Waals surface area contributed by atoms with Gasteiger partial charge in [-0.15, -0.1) is 0 Å². The van der Waals surface area contributed by atoms with E-state index in [1.54, 1.807) is 6.26 Å². The second-order valence-corrected chi connectivity index (χ2v) is 7.04. The lowest BCUT2D eigenvalue weighted by Gasteiger charge is -2.22. The molecule has 5 heteroatoms. The van der Waals surface area contributed by atoms with Crippen molar-refractivity contribution >= 4 is 11.7 Å². The highest BCUT2D eigenvalue weighted by Gasteiger charge is 2.20. The van der Waals surface area contributed by atoms with Crippen molar-refractivity contribution in [3.63, 3.8) is 0 Å². The molecule has 5 nitrogen and oxygen atoms in total. The molecule has 28 heavy (non-hydrogen) atoms. The number of benzene rings is 2. The van der Waals surface area contributed by atoms with E-state index in [-0.39, 0.29) is 6.03 Å². The van der Waals surface area contributed by atoms with Gasteiger partial charge in [-0.25, -0.2) is 4.79 Å². The zero-order valence-electron chi connectivity index (χ0n) is 15.9. The average Bonchev–Trinajstić information content (AvgIpc) is 3.13. The Morgan fingerprint density at radius 2 is 1.71 bits per heavy atom. The molecule has 1 saturated heterocycles. The quantitative estimate of drug-likeness (QED) is 0.720. The second kappa shape index (κ2) is 8.76. The van der Waals surface area contributed by atoms with E-state index in [4.69, 9.17) is 4.42 Å². The van der Waals surface area contributed by atoms with E-state index in [0.717, 1.165) is 55.2 Å². The Labute approximate surface area is 165 Å². The summed E-state index contributed by atoms with van der Waals surface area (Å²) in [5.74, 6) is 0.967. The van der Waals surface area contributed by atoms with E-state index in [9.17, 15) is 4.79 Å². The van der Waals surface area contributed by atoms with Crippen molar-refractivity contribution in [1.29, 1.82) is 0 Å². The summed E-state index contributed by atoms with van der Waals surface area (Å²) >= 11 is 0. The van der Waals surface area contributed by atoms with Crippen molar-refractivity contribution in [1.82, 2.24) is 9.80 Å². The Kier molecular flexibility index (Phi) is 5.73. The van der Waals surface area contributed by atoms with Crippen LogP contribution in [0, 0.1) is 0 Å². The standard InChI is InChI=1S/C23H25N3O2/c27-23(24-22-12-5-4-11-21(22)19-8-2-1-3-9-19)26-14-7-13-25(15-16-26)18-20-10-6-17-28-20/h1-6,8-12,17H,7,13-16,18H2,(H,24,27). The lowest BCUT2D eigenvalue weighted by molar-refractivity contribution is 0.209. The predicted octanol–water partition coefficient (Wildman–Crippen LogP) is 4.69. The minimum atomic E-state index is -0.0387. The summed E-state index contributed by atoms with van der Waals surface area (Å²) < 4.78 is 5.45. The van der Waals surface area contributed by atoms with Crippen molar-refractivity contribution in [2.45, 2.75) is 13.0 Å². The molecule has 0 bridgehead atoms. The molecule has 2 amide bonds. The molecule has 1 N–H and O–H groups in total. The third kappa shape index (κ3) is 4.43. The number of para-hydroxylation sites is 1. The fourth-order valence-electron chi connectivity index (χ4n) is 3.61. The van der Waals surface area contributed by atoms with Gasteiger partial charge in [0.25, 0.3) is 0 Å². The number of nitrogens with zero attached hydrogens (tertiary/aromatic N) is 2. The Hall–Kier alpha value is -3.05. The van der Waals surface area contributed by atoms with E-state index >= 15 is 0 Å². The van der Waals surface area contributed by atoms with Crippen LogP contribution >= 0.6 is 0 Å². The summed E-state index contributed by atoms with van der Waals surface area (Å²) in [5.41, 5.74) is 2.97. The summed E-state index contributed by atoms with van der Waals surface area (Å²) in [6.45, 7) is 4.06. The summed E-state index contributed by atoms with van der Waals surface area (Å²) in [7, 11) is 0. The number of rotatable bonds is 4. The fourth-order valence-corrected chi connectivity index (χ4v) is 3.61. The zero-order chi connectivity index (χ0) is 19.2. The van der Waals surface area contributed by atoms with Gasteiger partial charge in [-0.1, -0.05) is 48.5 Å². The molecule has 0 spiro atoms. The fraction of sp³-hybridized carbons (Fsp3) is 0.261. The van der Waals surface area contributed by atoms with Gasteiger partial charge in [0.05, 0.1) is 18.5 Å². The highest BCUT2D eigenvalue weighted by atomic mass is 16.3. The molecule has 1 fully saturated rings. The smallest absolute Gasteiger partial charge is 0.321 e. The molecule has 2 aromatic carbocycles. The van der Waals surface area contributed by atoms with Gasteiger partial charge < -0.3 is 14.6 Å². The lowest BCUT2D eigenvalue weighted by Crippen LogP contribution is -2.38. The van der Waals surface area contributed by atoms with Crippen LogP contribution in [-0.4, -0.2) is 42.0 Å². The van der Waals surface area contributed by atoms with Gasteiger partial charge in [0.1, 0.15) is 5.76 Å². The van der Waals surface area contributed by atoms with Crippen LogP contribution in [0.5, 0.6) is 0 Å². The Morgan fingerprint density at radius 3 is 2.54 bits per heavy atom. The number of carbonyl (C=O) groups is 1. The molecular formula is C23H25N3O2. The van der Waals surface area contributed by atoms with Crippen LogP contribution in [0.25, 0.3) is 11.1 Å². The lowest BCUT2D eigenvalue weighted by atomic mass is 10.0. The summed E-state index contributed by atoms with van der Waals surface area (Å²) in [6.07, 6.45) is 2.66. The first-order valence-corrected chi connectivity index (χ1v) is 9.75. The van der Waals surface area contributed by atoms with Crippen LogP contribution in [0.15, 0.2) is 77.4 Å². The first kappa shape index (κ1) is 18.3. The van der Waals surface area contributed by atoms with Crippen LogP contribution in [0.3, 0.4) is 0 Å². The molecule has 0 radical (unpaired) electrons. The van der Waals surface area contributed by atoms with Crippen LogP contribution in [0.4, 0.5) is 10.5 Å².